The maximum atomic E-state index is 5.68. The predicted octanol–water partition coefficient (Wildman–Crippen LogP) is 0.112. The van der Waals surface area contributed by atoms with Crippen LogP contribution >= 0.6 is 12.6 Å². The van der Waals surface area contributed by atoms with Gasteiger partial charge in [0, 0.05) is 64.3 Å². The van der Waals surface area contributed by atoms with Gasteiger partial charge in [-0.2, -0.15) is 12.6 Å². The van der Waals surface area contributed by atoms with Crippen molar-refractivity contribution in [3.8, 4) is 0 Å². The summed E-state index contributed by atoms with van der Waals surface area (Å²) >= 11 is 4.09. The van der Waals surface area contributed by atoms with Gasteiger partial charge >= 0.3 is 0 Å². The Kier molecular flexibility index (Phi) is 13.3. The Morgan fingerprint density at radius 2 is 1.39 bits per heavy atom. The SMILES string of the molecule is CC(C)NCCOCCN1CCN(CCOCCNCS)CC1. The molecule has 1 heterocycles. The molecule has 23 heavy (non-hydrogen) atoms. The van der Waals surface area contributed by atoms with E-state index in [-0.39, 0.29) is 0 Å². The lowest BCUT2D eigenvalue weighted by Crippen LogP contribution is -2.48. The van der Waals surface area contributed by atoms with Crippen molar-refractivity contribution < 1.29 is 9.47 Å². The molecule has 1 aliphatic rings. The average molecular weight is 349 g/mol. The van der Waals surface area contributed by atoms with Crippen LogP contribution in [0.5, 0.6) is 0 Å². The molecule has 0 aromatic carbocycles. The molecule has 0 aromatic heterocycles. The van der Waals surface area contributed by atoms with Gasteiger partial charge in [0.1, 0.15) is 0 Å². The van der Waals surface area contributed by atoms with Crippen LogP contribution < -0.4 is 10.6 Å². The minimum Gasteiger partial charge on any atom is -0.379 e. The molecule has 0 atom stereocenters. The topological polar surface area (TPSA) is 49.0 Å². The third-order valence-corrected chi connectivity index (χ3v) is 4.13. The first-order chi connectivity index (χ1) is 11.2. The second-order valence-corrected chi connectivity index (χ2v) is 6.49. The van der Waals surface area contributed by atoms with E-state index in [1.807, 2.05) is 0 Å². The smallest absolute Gasteiger partial charge is 0.0594 e. The maximum absolute atomic E-state index is 5.68. The molecular weight excluding hydrogens is 312 g/mol. The van der Waals surface area contributed by atoms with Crippen molar-refractivity contribution in [2.24, 2.45) is 0 Å². The number of piperazine rings is 1. The van der Waals surface area contributed by atoms with Gasteiger partial charge < -0.3 is 20.1 Å². The van der Waals surface area contributed by atoms with Crippen LogP contribution in [-0.2, 0) is 9.47 Å². The van der Waals surface area contributed by atoms with Gasteiger partial charge in [0.15, 0.2) is 0 Å². The Balaban J connectivity index is 1.89. The zero-order chi connectivity index (χ0) is 16.8. The first kappa shape index (κ1) is 21.2. The van der Waals surface area contributed by atoms with Gasteiger partial charge in [-0.05, 0) is 0 Å². The van der Waals surface area contributed by atoms with E-state index in [1.165, 1.54) is 0 Å². The van der Waals surface area contributed by atoms with Crippen LogP contribution in [0.2, 0.25) is 0 Å². The Hall–Kier alpha value is 0.110. The molecule has 1 rings (SSSR count). The van der Waals surface area contributed by atoms with Gasteiger partial charge in [-0.15, -0.1) is 0 Å². The summed E-state index contributed by atoms with van der Waals surface area (Å²) in [6.07, 6.45) is 0. The van der Waals surface area contributed by atoms with E-state index in [0.717, 1.165) is 78.8 Å². The quantitative estimate of drug-likeness (QED) is 0.235. The Bertz CT molecular complexity index is 264. The minimum atomic E-state index is 0.537. The van der Waals surface area contributed by atoms with Crippen molar-refractivity contribution >= 4 is 12.6 Å². The van der Waals surface area contributed by atoms with E-state index in [2.05, 4.69) is 46.9 Å². The Morgan fingerprint density at radius 1 is 0.870 bits per heavy atom. The highest BCUT2D eigenvalue weighted by Gasteiger charge is 2.15. The lowest BCUT2D eigenvalue weighted by atomic mass is 10.3. The van der Waals surface area contributed by atoms with Crippen LogP contribution in [0.4, 0.5) is 0 Å². The van der Waals surface area contributed by atoms with Gasteiger partial charge in [-0.25, -0.2) is 0 Å². The highest BCUT2D eigenvalue weighted by molar-refractivity contribution is 7.80. The molecule has 0 spiro atoms. The number of hydrogen-bond acceptors (Lipinski definition) is 7. The van der Waals surface area contributed by atoms with Crippen molar-refractivity contribution in [1.29, 1.82) is 0 Å². The molecule has 2 N–H and O–H groups in total. The second kappa shape index (κ2) is 14.5. The van der Waals surface area contributed by atoms with Gasteiger partial charge in [0.25, 0.3) is 0 Å². The molecule has 0 amide bonds. The number of nitrogens with zero attached hydrogens (tertiary/aromatic N) is 2. The van der Waals surface area contributed by atoms with E-state index >= 15 is 0 Å². The molecule has 0 aliphatic carbocycles. The number of rotatable bonds is 14. The molecule has 138 valence electrons. The summed E-state index contributed by atoms with van der Waals surface area (Å²) in [5, 5.41) is 6.49. The average Bonchev–Trinajstić information content (AvgIpc) is 2.55. The molecule has 6 nitrogen and oxygen atoms in total. The van der Waals surface area contributed by atoms with Crippen LogP contribution in [0.1, 0.15) is 13.8 Å². The molecule has 1 fully saturated rings. The molecule has 0 saturated carbocycles. The van der Waals surface area contributed by atoms with E-state index in [9.17, 15) is 0 Å². The molecule has 1 aliphatic heterocycles. The van der Waals surface area contributed by atoms with Gasteiger partial charge in [0.2, 0.25) is 0 Å². The van der Waals surface area contributed by atoms with E-state index in [0.29, 0.717) is 11.9 Å². The Morgan fingerprint density at radius 3 is 1.87 bits per heavy atom. The third-order valence-electron chi connectivity index (χ3n) is 3.90. The van der Waals surface area contributed by atoms with Crippen LogP contribution in [0.15, 0.2) is 0 Å². The van der Waals surface area contributed by atoms with Crippen LogP contribution in [0.25, 0.3) is 0 Å². The second-order valence-electron chi connectivity index (χ2n) is 6.17. The first-order valence-corrected chi connectivity index (χ1v) is 9.50. The molecule has 0 radical (unpaired) electrons. The van der Waals surface area contributed by atoms with Crippen molar-refractivity contribution in [3.05, 3.63) is 0 Å². The predicted molar refractivity (Wildman–Crippen MR) is 99.5 cm³/mol. The fourth-order valence-corrected chi connectivity index (χ4v) is 2.63. The van der Waals surface area contributed by atoms with Crippen molar-refractivity contribution in [3.63, 3.8) is 0 Å². The molecule has 1 saturated heterocycles. The monoisotopic (exact) mass is 348 g/mol. The summed E-state index contributed by atoms with van der Waals surface area (Å²) < 4.78 is 11.3. The highest BCUT2D eigenvalue weighted by atomic mass is 32.1. The van der Waals surface area contributed by atoms with Crippen LogP contribution in [0, 0.1) is 0 Å². The number of ether oxygens (including phenoxy) is 2. The van der Waals surface area contributed by atoms with E-state index < -0.39 is 0 Å². The fourth-order valence-electron chi connectivity index (χ4n) is 2.47. The number of nitrogens with one attached hydrogen (secondary N) is 2. The zero-order valence-electron chi connectivity index (χ0n) is 14.9. The van der Waals surface area contributed by atoms with Gasteiger partial charge in [-0.3, -0.25) is 9.80 Å². The summed E-state index contributed by atoms with van der Waals surface area (Å²) in [6, 6.07) is 0.537. The number of thiol groups is 1. The lowest BCUT2D eigenvalue weighted by molar-refractivity contribution is 0.0578. The fraction of sp³-hybridized carbons (Fsp3) is 1.00. The van der Waals surface area contributed by atoms with Crippen molar-refractivity contribution in [1.82, 2.24) is 20.4 Å². The normalized spacial score (nSPS) is 17.2. The van der Waals surface area contributed by atoms with Crippen LogP contribution in [0.3, 0.4) is 0 Å². The highest BCUT2D eigenvalue weighted by Crippen LogP contribution is 2.01. The molecule has 0 bridgehead atoms. The van der Waals surface area contributed by atoms with Crippen LogP contribution in [-0.4, -0.2) is 101 Å². The van der Waals surface area contributed by atoms with Crippen molar-refractivity contribution in [2.75, 3.05) is 84.7 Å². The molecular formula is C16H36N4O2S. The molecule has 0 aromatic rings. The summed E-state index contributed by atoms with van der Waals surface area (Å²) in [6.45, 7) is 16.0. The zero-order valence-corrected chi connectivity index (χ0v) is 15.8. The third kappa shape index (κ3) is 12.2. The molecule has 0 unspecified atom stereocenters. The Labute approximate surface area is 147 Å². The molecule has 7 heteroatoms. The maximum Gasteiger partial charge on any atom is 0.0594 e. The largest absolute Gasteiger partial charge is 0.379 e. The summed E-state index contributed by atoms with van der Waals surface area (Å²) in [5.41, 5.74) is 0. The van der Waals surface area contributed by atoms with Gasteiger partial charge in [0.05, 0.1) is 26.4 Å². The van der Waals surface area contributed by atoms with Crippen molar-refractivity contribution in [2.45, 2.75) is 19.9 Å². The van der Waals surface area contributed by atoms with E-state index in [4.69, 9.17) is 9.47 Å². The standard InChI is InChI=1S/C16H36N4O2S/c1-16(2)18-4-12-22-14-10-20-7-5-19(6-8-20)9-13-21-11-3-17-15-23/h16-18,23H,3-15H2,1-2H3. The number of hydrogen-bond donors (Lipinski definition) is 3. The first-order valence-electron chi connectivity index (χ1n) is 8.87. The summed E-state index contributed by atoms with van der Waals surface area (Å²) in [4.78, 5) is 4.97. The summed E-state index contributed by atoms with van der Waals surface area (Å²) in [7, 11) is 0. The summed E-state index contributed by atoms with van der Waals surface area (Å²) in [5.74, 6) is 0.712. The van der Waals surface area contributed by atoms with E-state index in [1.54, 1.807) is 0 Å². The lowest BCUT2D eigenvalue weighted by Gasteiger charge is -2.34. The van der Waals surface area contributed by atoms with Gasteiger partial charge in [-0.1, -0.05) is 13.8 Å². The minimum absolute atomic E-state index is 0.537.